The topological polar surface area (TPSA) is 23.5 Å². The molecule has 0 saturated carbocycles. The third kappa shape index (κ3) is 1.43. The first-order valence-corrected chi connectivity index (χ1v) is 6.55. The Kier molecular flexibility index (Phi) is 2.27. The first-order chi connectivity index (χ1) is 8.02. The number of nitrogens with zero attached hydrogens (tertiary/aromatic N) is 1. The highest BCUT2D eigenvalue weighted by molar-refractivity contribution is 5.44. The maximum atomic E-state index is 9.73. The molecule has 2 heteroatoms. The number of fused-ring (bicyclic) bond motifs is 4. The van der Waals surface area contributed by atoms with Gasteiger partial charge in [-0.3, -0.25) is 0 Å². The molecule has 0 radical (unpaired) electrons. The van der Waals surface area contributed by atoms with Gasteiger partial charge < -0.3 is 10.0 Å². The van der Waals surface area contributed by atoms with Gasteiger partial charge in [0.2, 0.25) is 0 Å². The molecule has 3 atom stereocenters. The molecule has 1 fully saturated rings. The van der Waals surface area contributed by atoms with Gasteiger partial charge in [-0.25, -0.2) is 0 Å². The first-order valence-electron chi connectivity index (χ1n) is 6.55. The summed E-state index contributed by atoms with van der Waals surface area (Å²) in [6.07, 6.45) is 2.32. The molecule has 1 saturated heterocycles. The minimum Gasteiger partial charge on any atom is -0.508 e. The summed E-state index contributed by atoms with van der Waals surface area (Å²) in [5, 5.41) is 9.73. The van der Waals surface area contributed by atoms with Crippen LogP contribution < -0.4 is 0 Å². The summed E-state index contributed by atoms with van der Waals surface area (Å²) in [7, 11) is 2.24. The lowest BCUT2D eigenvalue weighted by Crippen LogP contribution is -2.56. The Morgan fingerprint density at radius 3 is 2.94 bits per heavy atom. The third-order valence-electron chi connectivity index (χ3n) is 5.27. The number of aromatic hydroxyl groups is 1. The zero-order valence-corrected chi connectivity index (χ0v) is 10.9. The number of rotatable bonds is 0. The highest BCUT2D eigenvalue weighted by atomic mass is 16.3. The van der Waals surface area contributed by atoms with Crippen LogP contribution in [0.2, 0.25) is 0 Å². The van der Waals surface area contributed by atoms with Crippen LogP contribution in [0.25, 0.3) is 0 Å². The largest absolute Gasteiger partial charge is 0.508 e. The smallest absolute Gasteiger partial charge is 0.115 e. The van der Waals surface area contributed by atoms with E-state index in [9.17, 15) is 5.11 Å². The number of phenolic OH excluding ortho intramolecular Hbond substituents is 1. The lowest BCUT2D eigenvalue weighted by molar-refractivity contribution is 0.0506. The Labute approximate surface area is 103 Å². The molecule has 0 unspecified atom stereocenters. The van der Waals surface area contributed by atoms with Gasteiger partial charge in [0.1, 0.15) is 5.75 Å². The summed E-state index contributed by atoms with van der Waals surface area (Å²) in [6, 6.07) is 6.59. The van der Waals surface area contributed by atoms with Crippen LogP contribution in [0.4, 0.5) is 0 Å². The van der Waals surface area contributed by atoms with Crippen molar-refractivity contribution in [1.29, 1.82) is 0 Å². The zero-order valence-electron chi connectivity index (χ0n) is 10.9. The van der Waals surface area contributed by atoms with Gasteiger partial charge in [-0.1, -0.05) is 19.9 Å². The molecular formula is C15H21NO. The monoisotopic (exact) mass is 231 g/mol. The van der Waals surface area contributed by atoms with Crippen molar-refractivity contribution >= 4 is 0 Å². The molecular weight excluding hydrogens is 210 g/mol. The van der Waals surface area contributed by atoms with Crippen molar-refractivity contribution in [2.24, 2.45) is 5.92 Å². The second-order valence-corrected chi connectivity index (χ2v) is 6.05. The van der Waals surface area contributed by atoms with Crippen LogP contribution in [-0.2, 0) is 11.8 Å². The predicted octanol–water partition coefficient (Wildman–Crippen LogP) is 2.55. The fourth-order valence-corrected chi connectivity index (χ4v) is 3.82. The van der Waals surface area contributed by atoms with Crippen LogP contribution in [0.15, 0.2) is 18.2 Å². The molecule has 1 heterocycles. The Bertz CT molecular complexity index is 456. The van der Waals surface area contributed by atoms with Gasteiger partial charge >= 0.3 is 0 Å². The Balaban J connectivity index is 2.16. The van der Waals surface area contributed by atoms with E-state index >= 15 is 0 Å². The standard InChI is InChI=1S/C15H21NO/c1-10-14-8-11-4-5-12(17)9-13(11)15(10,2)6-7-16(14)3/h4-5,9-10,14,17H,6-8H2,1-3H3/t10-,14+,15-/m1/s1. The van der Waals surface area contributed by atoms with Gasteiger partial charge in [-0.2, -0.15) is 0 Å². The molecule has 2 bridgehead atoms. The van der Waals surface area contributed by atoms with Gasteiger partial charge in [-0.15, -0.1) is 0 Å². The summed E-state index contributed by atoms with van der Waals surface area (Å²) in [5.74, 6) is 1.07. The van der Waals surface area contributed by atoms with E-state index in [2.05, 4.69) is 31.9 Å². The highest BCUT2D eigenvalue weighted by Crippen LogP contribution is 2.48. The lowest BCUT2D eigenvalue weighted by atomic mass is 9.59. The number of phenols is 1. The normalized spacial score (nSPS) is 36.6. The molecule has 0 spiro atoms. The highest BCUT2D eigenvalue weighted by Gasteiger charge is 2.47. The minimum absolute atomic E-state index is 0.240. The SMILES string of the molecule is C[C@@H]1[C@@H]2Cc3ccc(O)cc3[C@]1(C)CCN2C. The van der Waals surface area contributed by atoms with E-state index in [1.807, 2.05) is 12.1 Å². The van der Waals surface area contributed by atoms with E-state index in [1.54, 1.807) is 0 Å². The van der Waals surface area contributed by atoms with Gasteiger partial charge in [0.15, 0.2) is 0 Å². The van der Waals surface area contributed by atoms with Crippen LogP contribution in [0.5, 0.6) is 5.75 Å². The fourth-order valence-electron chi connectivity index (χ4n) is 3.82. The third-order valence-corrected chi connectivity index (χ3v) is 5.27. The Morgan fingerprint density at radius 1 is 1.41 bits per heavy atom. The second kappa shape index (κ2) is 3.49. The molecule has 92 valence electrons. The van der Waals surface area contributed by atoms with E-state index in [0.717, 1.165) is 6.42 Å². The average Bonchev–Trinajstić information content (AvgIpc) is 2.30. The van der Waals surface area contributed by atoms with Crippen molar-refractivity contribution < 1.29 is 5.11 Å². The van der Waals surface area contributed by atoms with Crippen molar-refractivity contribution in [2.45, 2.75) is 38.1 Å². The van der Waals surface area contributed by atoms with E-state index < -0.39 is 0 Å². The molecule has 2 nitrogen and oxygen atoms in total. The molecule has 3 rings (SSSR count). The maximum Gasteiger partial charge on any atom is 0.115 e. The quantitative estimate of drug-likeness (QED) is 0.741. The minimum atomic E-state index is 0.240. The molecule has 0 aromatic heterocycles. The molecule has 1 aliphatic heterocycles. The maximum absolute atomic E-state index is 9.73. The van der Waals surface area contributed by atoms with Crippen LogP contribution in [0.1, 0.15) is 31.4 Å². The van der Waals surface area contributed by atoms with Crippen molar-refractivity contribution in [3.63, 3.8) is 0 Å². The summed E-state index contributed by atoms with van der Waals surface area (Å²) >= 11 is 0. The summed E-state index contributed by atoms with van der Waals surface area (Å²) < 4.78 is 0. The fraction of sp³-hybridized carbons (Fsp3) is 0.600. The molecule has 1 aliphatic carbocycles. The summed E-state index contributed by atoms with van der Waals surface area (Å²) in [4.78, 5) is 2.50. The van der Waals surface area contributed by atoms with Crippen LogP contribution in [0, 0.1) is 5.92 Å². The van der Waals surface area contributed by atoms with E-state index in [0.29, 0.717) is 17.7 Å². The van der Waals surface area contributed by atoms with Crippen LogP contribution >= 0.6 is 0 Å². The number of likely N-dealkylation sites (tertiary alicyclic amines) is 1. The van der Waals surface area contributed by atoms with Crippen molar-refractivity contribution in [2.75, 3.05) is 13.6 Å². The number of piperidine rings is 1. The van der Waals surface area contributed by atoms with E-state index in [-0.39, 0.29) is 5.41 Å². The number of hydrogen-bond acceptors (Lipinski definition) is 2. The van der Waals surface area contributed by atoms with Crippen LogP contribution in [0.3, 0.4) is 0 Å². The van der Waals surface area contributed by atoms with Gasteiger partial charge in [0.05, 0.1) is 0 Å². The average molecular weight is 231 g/mol. The second-order valence-electron chi connectivity index (χ2n) is 6.05. The molecule has 1 N–H and O–H groups in total. The molecule has 17 heavy (non-hydrogen) atoms. The summed E-state index contributed by atoms with van der Waals surface area (Å²) in [6.45, 7) is 5.91. The number of benzene rings is 1. The zero-order chi connectivity index (χ0) is 12.2. The molecule has 0 amide bonds. The van der Waals surface area contributed by atoms with Crippen molar-refractivity contribution in [3.8, 4) is 5.75 Å². The van der Waals surface area contributed by atoms with Crippen LogP contribution in [-0.4, -0.2) is 29.6 Å². The lowest BCUT2D eigenvalue weighted by Gasteiger charge is -2.53. The van der Waals surface area contributed by atoms with E-state index in [1.165, 1.54) is 24.1 Å². The Hall–Kier alpha value is -1.02. The number of likely N-dealkylation sites (N-methyl/N-ethyl adjacent to an activating group) is 1. The van der Waals surface area contributed by atoms with Crippen molar-refractivity contribution in [3.05, 3.63) is 29.3 Å². The molecule has 1 aromatic carbocycles. The van der Waals surface area contributed by atoms with Gasteiger partial charge in [0.25, 0.3) is 0 Å². The predicted molar refractivity (Wildman–Crippen MR) is 69.4 cm³/mol. The molecule has 2 aliphatic rings. The first kappa shape index (κ1) is 11.1. The van der Waals surface area contributed by atoms with E-state index in [4.69, 9.17) is 0 Å². The molecule has 1 aromatic rings. The van der Waals surface area contributed by atoms with Crippen molar-refractivity contribution in [1.82, 2.24) is 4.90 Å². The van der Waals surface area contributed by atoms with Gasteiger partial charge in [-0.05, 0) is 61.0 Å². The summed E-state index contributed by atoms with van der Waals surface area (Å²) in [5.41, 5.74) is 3.05. The Morgan fingerprint density at radius 2 is 2.18 bits per heavy atom. The van der Waals surface area contributed by atoms with Gasteiger partial charge in [0, 0.05) is 6.04 Å². The number of hydrogen-bond donors (Lipinski definition) is 1.